The van der Waals surface area contributed by atoms with Crippen molar-refractivity contribution >= 4 is 21.4 Å². The molecule has 2 aromatic carbocycles. The number of amides is 1. The Kier molecular flexibility index (Phi) is 4.05. The lowest BCUT2D eigenvalue weighted by Gasteiger charge is -2.06. The Balaban J connectivity index is 2.09. The maximum Gasteiger partial charge on any atom is 0.239 e. The van der Waals surface area contributed by atoms with Gasteiger partial charge in [0.1, 0.15) is 11.5 Å². The third-order valence-electron chi connectivity index (χ3n) is 2.55. The second-order valence-electron chi connectivity index (χ2n) is 4.17. The summed E-state index contributed by atoms with van der Waals surface area (Å²) in [6.07, 6.45) is 0. The first-order valence-electron chi connectivity index (χ1n) is 5.84. The maximum absolute atomic E-state index is 12.0. The molecule has 0 saturated carbocycles. The van der Waals surface area contributed by atoms with E-state index in [0.29, 0.717) is 5.69 Å². The number of carbonyl (C=O) groups excluding carboxylic acids is 1. The van der Waals surface area contributed by atoms with Gasteiger partial charge in [-0.05, 0) is 24.3 Å². The zero-order chi connectivity index (χ0) is 14.6. The molecule has 0 spiro atoms. The standard InChI is InChI=1S/C14H13NO4S/c16-12-6-4-5-11(9-12)15-14(17)10-20(18,19)13-7-2-1-3-8-13/h1-9,16H,10H2,(H,15,17). The van der Waals surface area contributed by atoms with Crippen LogP contribution < -0.4 is 5.32 Å². The van der Waals surface area contributed by atoms with Crippen molar-refractivity contribution < 1.29 is 18.3 Å². The van der Waals surface area contributed by atoms with Gasteiger partial charge in [-0.1, -0.05) is 24.3 Å². The average Bonchev–Trinajstić information content (AvgIpc) is 2.39. The average molecular weight is 291 g/mol. The van der Waals surface area contributed by atoms with Gasteiger partial charge in [-0.3, -0.25) is 4.79 Å². The second-order valence-corrected chi connectivity index (χ2v) is 6.16. The number of rotatable bonds is 4. The highest BCUT2D eigenvalue weighted by Crippen LogP contribution is 2.16. The van der Waals surface area contributed by atoms with Gasteiger partial charge in [-0.25, -0.2) is 8.42 Å². The monoisotopic (exact) mass is 291 g/mol. The van der Waals surface area contributed by atoms with E-state index in [2.05, 4.69) is 5.32 Å². The van der Waals surface area contributed by atoms with Crippen molar-refractivity contribution in [1.82, 2.24) is 0 Å². The largest absolute Gasteiger partial charge is 0.508 e. The van der Waals surface area contributed by atoms with Crippen molar-refractivity contribution in [3.05, 3.63) is 54.6 Å². The van der Waals surface area contributed by atoms with Crippen LogP contribution in [0.1, 0.15) is 0 Å². The number of anilines is 1. The molecular formula is C14H13NO4S. The van der Waals surface area contributed by atoms with Crippen molar-refractivity contribution in [3.63, 3.8) is 0 Å². The molecule has 0 radical (unpaired) electrons. The van der Waals surface area contributed by atoms with Crippen LogP contribution in [0.25, 0.3) is 0 Å². The van der Waals surface area contributed by atoms with E-state index < -0.39 is 21.5 Å². The number of hydrogen-bond donors (Lipinski definition) is 2. The molecule has 2 N–H and O–H groups in total. The number of carbonyl (C=O) groups is 1. The molecule has 0 aliphatic rings. The minimum absolute atomic E-state index is 0.00582. The van der Waals surface area contributed by atoms with Crippen LogP contribution in [0.15, 0.2) is 59.5 Å². The van der Waals surface area contributed by atoms with Crippen LogP contribution in [0.3, 0.4) is 0 Å². The summed E-state index contributed by atoms with van der Waals surface area (Å²) in [6.45, 7) is 0. The molecular weight excluding hydrogens is 278 g/mol. The zero-order valence-electron chi connectivity index (χ0n) is 10.5. The predicted molar refractivity (Wildman–Crippen MR) is 75.2 cm³/mol. The molecule has 2 aromatic rings. The minimum Gasteiger partial charge on any atom is -0.508 e. The summed E-state index contributed by atoms with van der Waals surface area (Å²) in [6, 6.07) is 13.7. The van der Waals surface area contributed by atoms with Gasteiger partial charge in [0.05, 0.1) is 4.90 Å². The van der Waals surface area contributed by atoms with E-state index in [1.54, 1.807) is 30.3 Å². The molecule has 0 bridgehead atoms. The Labute approximate surface area is 116 Å². The highest BCUT2D eigenvalue weighted by Gasteiger charge is 2.19. The lowest BCUT2D eigenvalue weighted by atomic mass is 10.3. The summed E-state index contributed by atoms with van der Waals surface area (Å²) in [4.78, 5) is 11.8. The number of phenolic OH excluding ortho intramolecular Hbond substituents is 1. The Bertz CT molecular complexity index is 711. The van der Waals surface area contributed by atoms with E-state index in [1.807, 2.05) is 0 Å². The SMILES string of the molecule is O=C(CS(=O)(=O)c1ccccc1)Nc1cccc(O)c1. The summed E-state index contributed by atoms with van der Waals surface area (Å²) in [7, 11) is -3.66. The lowest BCUT2D eigenvalue weighted by molar-refractivity contribution is -0.113. The first-order chi connectivity index (χ1) is 9.47. The van der Waals surface area contributed by atoms with E-state index in [9.17, 15) is 18.3 Å². The zero-order valence-corrected chi connectivity index (χ0v) is 11.3. The van der Waals surface area contributed by atoms with Crippen molar-refractivity contribution in [2.45, 2.75) is 4.90 Å². The van der Waals surface area contributed by atoms with Crippen LogP contribution in [-0.4, -0.2) is 25.2 Å². The molecule has 2 rings (SSSR count). The Morgan fingerprint density at radius 1 is 1.05 bits per heavy atom. The molecule has 5 nitrogen and oxygen atoms in total. The van der Waals surface area contributed by atoms with Crippen molar-refractivity contribution in [1.29, 1.82) is 0 Å². The highest BCUT2D eigenvalue weighted by atomic mass is 32.2. The smallest absolute Gasteiger partial charge is 0.239 e. The lowest BCUT2D eigenvalue weighted by Crippen LogP contribution is -2.22. The van der Waals surface area contributed by atoms with Gasteiger partial charge >= 0.3 is 0 Å². The van der Waals surface area contributed by atoms with Crippen molar-refractivity contribution in [2.75, 3.05) is 11.1 Å². The van der Waals surface area contributed by atoms with Gasteiger partial charge in [-0.15, -0.1) is 0 Å². The normalized spacial score (nSPS) is 11.0. The summed E-state index contributed by atoms with van der Waals surface area (Å²) < 4.78 is 24.0. The molecule has 0 aliphatic heterocycles. The van der Waals surface area contributed by atoms with Crippen LogP contribution in [0, 0.1) is 0 Å². The van der Waals surface area contributed by atoms with E-state index >= 15 is 0 Å². The van der Waals surface area contributed by atoms with E-state index in [4.69, 9.17) is 0 Å². The highest BCUT2D eigenvalue weighted by molar-refractivity contribution is 7.92. The Morgan fingerprint density at radius 2 is 1.75 bits per heavy atom. The molecule has 0 fully saturated rings. The summed E-state index contributed by atoms with van der Waals surface area (Å²) in [5, 5.41) is 11.7. The molecule has 6 heteroatoms. The van der Waals surface area contributed by atoms with Crippen LogP contribution in [0.5, 0.6) is 5.75 Å². The molecule has 20 heavy (non-hydrogen) atoms. The fraction of sp³-hybridized carbons (Fsp3) is 0.0714. The van der Waals surface area contributed by atoms with Crippen molar-refractivity contribution in [3.8, 4) is 5.75 Å². The van der Waals surface area contributed by atoms with Crippen LogP contribution >= 0.6 is 0 Å². The van der Waals surface area contributed by atoms with Gasteiger partial charge in [0.25, 0.3) is 0 Å². The number of nitrogens with one attached hydrogen (secondary N) is 1. The molecule has 0 atom stereocenters. The Hall–Kier alpha value is -2.34. The summed E-state index contributed by atoms with van der Waals surface area (Å²) in [5.74, 6) is -1.31. The number of sulfone groups is 1. The van der Waals surface area contributed by atoms with E-state index in [0.717, 1.165) is 0 Å². The molecule has 0 saturated heterocycles. The van der Waals surface area contributed by atoms with Gasteiger partial charge in [-0.2, -0.15) is 0 Å². The van der Waals surface area contributed by atoms with Crippen molar-refractivity contribution in [2.24, 2.45) is 0 Å². The molecule has 0 heterocycles. The van der Waals surface area contributed by atoms with Gasteiger partial charge in [0.15, 0.2) is 9.84 Å². The molecule has 0 unspecified atom stereocenters. The van der Waals surface area contributed by atoms with Crippen LogP contribution in [0.2, 0.25) is 0 Å². The maximum atomic E-state index is 12.0. The van der Waals surface area contributed by atoms with Gasteiger partial charge < -0.3 is 10.4 Å². The molecule has 1 amide bonds. The number of aromatic hydroxyl groups is 1. The third-order valence-corrected chi connectivity index (χ3v) is 4.19. The topological polar surface area (TPSA) is 83.5 Å². The Morgan fingerprint density at radius 3 is 2.40 bits per heavy atom. The molecule has 0 aliphatic carbocycles. The van der Waals surface area contributed by atoms with Gasteiger partial charge in [0, 0.05) is 11.8 Å². The second kappa shape index (κ2) is 5.75. The first kappa shape index (κ1) is 14.1. The third kappa shape index (κ3) is 3.58. The fourth-order valence-corrected chi connectivity index (χ4v) is 2.82. The van der Waals surface area contributed by atoms with Crippen LogP contribution in [-0.2, 0) is 14.6 Å². The number of phenols is 1. The van der Waals surface area contributed by atoms with E-state index in [1.165, 1.54) is 24.3 Å². The first-order valence-corrected chi connectivity index (χ1v) is 7.49. The predicted octanol–water partition coefficient (Wildman–Crippen LogP) is 1.80. The number of benzene rings is 2. The summed E-state index contributed by atoms with van der Waals surface area (Å²) >= 11 is 0. The van der Waals surface area contributed by atoms with E-state index in [-0.39, 0.29) is 10.6 Å². The quantitative estimate of drug-likeness (QED) is 0.899. The molecule has 0 aromatic heterocycles. The summed E-state index contributed by atoms with van der Waals surface area (Å²) in [5.41, 5.74) is 0.346. The number of hydrogen-bond acceptors (Lipinski definition) is 4. The van der Waals surface area contributed by atoms with Gasteiger partial charge in [0.2, 0.25) is 5.91 Å². The minimum atomic E-state index is -3.66. The molecule has 104 valence electrons. The fourth-order valence-electron chi connectivity index (χ4n) is 1.66. The van der Waals surface area contributed by atoms with Crippen LogP contribution in [0.4, 0.5) is 5.69 Å².